The second kappa shape index (κ2) is 6.53. The maximum atomic E-state index is 11.4. The summed E-state index contributed by atoms with van der Waals surface area (Å²) in [5, 5.41) is 9.39. The predicted octanol–water partition coefficient (Wildman–Crippen LogP) is 2.05. The minimum Gasteiger partial charge on any atom is -0.480 e. The first-order valence-corrected chi connectivity index (χ1v) is 7.16. The lowest BCUT2D eigenvalue weighted by Crippen LogP contribution is -2.54. The first kappa shape index (κ1) is 15.4. The van der Waals surface area contributed by atoms with Crippen molar-refractivity contribution in [2.75, 3.05) is 26.2 Å². The van der Waals surface area contributed by atoms with Gasteiger partial charge in [-0.15, -0.1) is 0 Å². The van der Waals surface area contributed by atoms with E-state index in [4.69, 9.17) is 0 Å². The highest BCUT2D eigenvalue weighted by Crippen LogP contribution is 2.24. The first-order valence-electron chi connectivity index (χ1n) is 7.16. The van der Waals surface area contributed by atoms with Crippen molar-refractivity contribution in [3.63, 3.8) is 0 Å². The van der Waals surface area contributed by atoms with Crippen LogP contribution < -0.4 is 0 Å². The smallest absolute Gasteiger partial charge is 0.323 e. The molecular weight excluding hydrogens is 228 g/mol. The molecule has 1 saturated heterocycles. The van der Waals surface area contributed by atoms with Gasteiger partial charge in [0.2, 0.25) is 0 Å². The average Bonchev–Trinajstić information content (AvgIpc) is 2.55. The minimum atomic E-state index is -0.763. The lowest BCUT2D eigenvalue weighted by Gasteiger charge is -2.40. The monoisotopic (exact) mass is 256 g/mol. The standard InChI is InChI=1S/C14H28N2O2/c1-5-15-10-7-8-12(9-11-15)16(6-2)14(3,4)13(17)18/h12H,5-11H2,1-4H3,(H,17,18). The summed E-state index contributed by atoms with van der Waals surface area (Å²) in [6.07, 6.45) is 3.37. The van der Waals surface area contributed by atoms with E-state index in [1.165, 1.54) is 6.42 Å². The first-order chi connectivity index (χ1) is 8.43. The number of nitrogens with zero attached hydrogens (tertiary/aromatic N) is 2. The molecule has 18 heavy (non-hydrogen) atoms. The molecule has 4 nitrogen and oxygen atoms in total. The Labute approximate surface area is 111 Å². The largest absolute Gasteiger partial charge is 0.480 e. The Kier molecular flexibility index (Phi) is 5.60. The number of hydrogen-bond acceptors (Lipinski definition) is 3. The van der Waals surface area contributed by atoms with Gasteiger partial charge in [-0.05, 0) is 59.3 Å². The molecule has 0 saturated carbocycles. The molecule has 1 atom stereocenters. The number of carboxylic acid groups (broad SMARTS) is 1. The van der Waals surface area contributed by atoms with E-state index in [9.17, 15) is 9.90 Å². The second-order valence-corrected chi connectivity index (χ2v) is 5.67. The SMILES string of the molecule is CCN1CCCC(N(CC)C(C)(C)C(=O)O)CC1. The molecule has 0 aliphatic carbocycles. The highest BCUT2D eigenvalue weighted by molar-refractivity contribution is 5.77. The minimum absolute atomic E-state index is 0.401. The van der Waals surface area contributed by atoms with E-state index in [2.05, 4.69) is 23.6 Å². The zero-order chi connectivity index (χ0) is 13.8. The average molecular weight is 256 g/mol. The van der Waals surface area contributed by atoms with Crippen LogP contribution in [-0.2, 0) is 4.79 Å². The molecule has 0 bridgehead atoms. The fourth-order valence-corrected chi connectivity index (χ4v) is 3.00. The van der Waals surface area contributed by atoms with Gasteiger partial charge >= 0.3 is 5.97 Å². The molecule has 0 aromatic carbocycles. The van der Waals surface area contributed by atoms with Gasteiger partial charge in [0.1, 0.15) is 5.54 Å². The molecule has 1 aliphatic heterocycles. The molecule has 4 heteroatoms. The quantitative estimate of drug-likeness (QED) is 0.817. The Morgan fingerprint density at radius 1 is 1.33 bits per heavy atom. The summed E-state index contributed by atoms with van der Waals surface area (Å²) < 4.78 is 0. The van der Waals surface area contributed by atoms with Gasteiger partial charge in [-0.25, -0.2) is 0 Å². The van der Waals surface area contributed by atoms with Crippen LogP contribution in [0.15, 0.2) is 0 Å². The highest BCUT2D eigenvalue weighted by atomic mass is 16.4. The van der Waals surface area contributed by atoms with Crippen LogP contribution in [0.2, 0.25) is 0 Å². The summed E-state index contributed by atoms with van der Waals surface area (Å²) in [6, 6.07) is 0.401. The molecule has 1 fully saturated rings. The van der Waals surface area contributed by atoms with Crippen molar-refractivity contribution in [1.82, 2.24) is 9.80 Å². The van der Waals surface area contributed by atoms with Gasteiger partial charge in [0.05, 0.1) is 0 Å². The molecule has 0 radical (unpaired) electrons. The lowest BCUT2D eigenvalue weighted by molar-refractivity contribution is -0.151. The van der Waals surface area contributed by atoms with Crippen LogP contribution in [0.5, 0.6) is 0 Å². The Hall–Kier alpha value is -0.610. The number of hydrogen-bond donors (Lipinski definition) is 1. The molecule has 106 valence electrons. The number of likely N-dealkylation sites (tertiary alicyclic amines) is 1. The van der Waals surface area contributed by atoms with Crippen LogP contribution >= 0.6 is 0 Å². The Bertz CT molecular complexity index is 279. The van der Waals surface area contributed by atoms with Crippen LogP contribution in [0.3, 0.4) is 0 Å². The molecule has 0 aromatic heterocycles. The van der Waals surface area contributed by atoms with Crippen LogP contribution in [0.25, 0.3) is 0 Å². The zero-order valence-corrected chi connectivity index (χ0v) is 12.3. The summed E-state index contributed by atoms with van der Waals surface area (Å²) >= 11 is 0. The van der Waals surface area contributed by atoms with Crippen molar-refractivity contribution >= 4 is 5.97 Å². The van der Waals surface area contributed by atoms with E-state index < -0.39 is 11.5 Å². The Morgan fingerprint density at radius 2 is 2.00 bits per heavy atom. The van der Waals surface area contributed by atoms with Crippen molar-refractivity contribution in [3.05, 3.63) is 0 Å². The highest BCUT2D eigenvalue weighted by Gasteiger charge is 2.38. The third kappa shape index (κ3) is 3.45. The maximum absolute atomic E-state index is 11.4. The van der Waals surface area contributed by atoms with Crippen molar-refractivity contribution in [2.24, 2.45) is 0 Å². The predicted molar refractivity (Wildman–Crippen MR) is 73.8 cm³/mol. The van der Waals surface area contributed by atoms with E-state index in [1.54, 1.807) is 0 Å². The van der Waals surface area contributed by atoms with E-state index in [1.807, 2.05) is 13.8 Å². The summed E-state index contributed by atoms with van der Waals surface area (Å²) in [6.45, 7) is 12.0. The number of likely N-dealkylation sites (N-methyl/N-ethyl adjacent to an activating group) is 1. The van der Waals surface area contributed by atoms with E-state index in [0.29, 0.717) is 6.04 Å². The molecule has 1 unspecified atom stereocenters. The summed E-state index contributed by atoms with van der Waals surface area (Å²) in [4.78, 5) is 16.0. The van der Waals surface area contributed by atoms with E-state index >= 15 is 0 Å². The van der Waals surface area contributed by atoms with Gasteiger partial charge in [0.15, 0.2) is 0 Å². The van der Waals surface area contributed by atoms with Crippen LogP contribution in [0.4, 0.5) is 0 Å². The fourth-order valence-electron chi connectivity index (χ4n) is 3.00. The summed E-state index contributed by atoms with van der Waals surface area (Å²) in [5.41, 5.74) is -0.763. The normalized spacial score (nSPS) is 23.1. The maximum Gasteiger partial charge on any atom is 0.323 e. The van der Waals surface area contributed by atoms with Crippen LogP contribution in [-0.4, -0.2) is 58.6 Å². The molecule has 0 spiro atoms. The van der Waals surface area contributed by atoms with Gasteiger partial charge in [0.25, 0.3) is 0 Å². The third-order valence-corrected chi connectivity index (χ3v) is 4.26. The molecule has 0 aromatic rings. The molecule has 1 aliphatic rings. The summed E-state index contributed by atoms with van der Waals surface area (Å²) in [5.74, 6) is -0.721. The topological polar surface area (TPSA) is 43.8 Å². The lowest BCUT2D eigenvalue weighted by atomic mass is 9.97. The third-order valence-electron chi connectivity index (χ3n) is 4.26. The van der Waals surface area contributed by atoms with Gasteiger partial charge in [-0.3, -0.25) is 9.69 Å². The van der Waals surface area contributed by atoms with Crippen LogP contribution in [0.1, 0.15) is 47.0 Å². The molecule has 1 heterocycles. The van der Waals surface area contributed by atoms with Crippen LogP contribution in [0, 0.1) is 0 Å². The van der Waals surface area contributed by atoms with Crippen molar-refractivity contribution in [3.8, 4) is 0 Å². The number of carboxylic acids is 1. The number of carbonyl (C=O) groups is 1. The van der Waals surface area contributed by atoms with E-state index in [0.717, 1.165) is 39.0 Å². The number of aliphatic carboxylic acids is 1. The fraction of sp³-hybridized carbons (Fsp3) is 0.929. The Balaban J connectivity index is 2.74. The molecular formula is C14H28N2O2. The van der Waals surface area contributed by atoms with Gasteiger partial charge in [-0.1, -0.05) is 13.8 Å². The number of rotatable bonds is 5. The van der Waals surface area contributed by atoms with Gasteiger partial charge in [-0.2, -0.15) is 0 Å². The molecule has 1 rings (SSSR count). The second-order valence-electron chi connectivity index (χ2n) is 5.67. The molecule has 1 N–H and O–H groups in total. The van der Waals surface area contributed by atoms with Gasteiger partial charge in [0, 0.05) is 6.04 Å². The van der Waals surface area contributed by atoms with Crippen molar-refractivity contribution in [2.45, 2.75) is 58.5 Å². The van der Waals surface area contributed by atoms with E-state index in [-0.39, 0.29) is 0 Å². The molecule has 0 amide bonds. The van der Waals surface area contributed by atoms with Crippen molar-refractivity contribution in [1.29, 1.82) is 0 Å². The van der Waals surface area contributed by atoms with Gasteiger partial charge < -0.3 is 10.0 Å². The Morgan fingerprint density at radius 3 is 2.50 bits per heavy atom. The zero-order valence-electron chi connectivity index (χ0n) is 12.3. The van der Waals surface area contributed by atoms with Crippen molar-refractivity contribution < 1.29 is 9.90 Å². The summed E-state index contributed by atoms with van der Waals surface area (Å²) in [7, 11) is 0.